The van der Waals surface area contributed by atoms with E-state index in [1.807, 2.05) is 4.90 Å². The van der Waals surface area contributed by atoms with Gasteiger partial charge in [-0.15, -0.1) is 20.5 Å². The Labute approximate surface area is 568 Å². The van der Waals surface area contributed by atoms with E-state index in [0.717, 1.165) is 61.5 Å². The molecule has 0 spiro atoms. The molecule has 2 aromatic heterocycles. The number of hydrogen-bond donors (Lipinski definition) is 13. The molecule has 41 nitrogen and oxygen atoms in total. The van der Waals surface area contributed by atoms with Crippen molar-refractivity contribution in [3.05, 3.63) is 112 Å². The number of nitrogens with zero attached hydrogens (tertiary/aromatic N) is 14. The van der Waals surface area contributed by atoms with E-state index in [0.29, 0.717) is 35.9 Å². The Hall–Kier alpha value is -9.73. The summed E-state index contributed by atoms with van der Waals surface area (Å²) in [5.41, 5.74) is 4.05. The number of amides is 1. The van der Waals surface area contributed by atoms with Crippen molar-refractivity contribution in [2.45, 2.75) is 49.8 Å². The van der Waals surface area contributed by atoms with E-state index in [9.17, 15) is 97.6 Å². The number of carbonyl (C=O) groups excluding carboxylic acids is 1. The first-order chi connectivity index (χ1) is 45.9. The molecule has 1 saturated heterocycles. The number of azo groups is 3. The molecule has 7 aromatic rings. The molecular formula is C50H49Cl2N19O22S6. The summed E-state index contributed by atoms with van der Waals surface area (Å²) in [6.45, 7) is 7.65. The summed E-state index contributed by atoms with van der Waals surface area (Å²) >= 11 is 12.1. The number of piperazine rings is 1. The molecule has 0 bridgehead atoms. The van der Waals surface area contributed by atoms with Gasteiger partial charge in [0, 0.05) is 62.1 Å². The second kappa shape index (κ2) is 29.0. The standard InChI is InChI=1S/C50H49Cl2N19O22S6/c1-4-71-44(74)38(43(53)73)23(2)39(45(71)75)67-66-33-22-35(96(82,83)84)32(21-36(33)97(85,86)87)58-50-61-47(52)60-48(62-50)55-13-14-69-15-17-70(18-16-69)24(3)56-49(59-46(51)54)57-31-12-10-28-29(42(31)99(91,92)93)20-37(98(88,89)90)40(41(28)72)68-65-30-11-7-26(19-34(30)95(79,80)81)64-63-25-5-8-27(9-6-25)94(76,77)78/h5-12,19-22,72,74H,3-4,13-18H2,1-2H3,(H2,53,73)(H,76,77,78)(H,79,80,81)(H,82,83,84)(H,85,86,87)(H,88,89,90)(H,91,92,93)(H3,54,56,57,59)(H2,55,58,60,61,62). The van der Waals surface area contributed by atoms with Crippen molar-refractivity contribution in [2.75, 3.05) is 55.2 Å². The van der Waals surface area contributed by atoms with Gasteiger partial charge < -0.3 is 42.5 Å². The van der Waals surface area contributed by atoms with Crippen LogP contribution < -0.4 is 33.0 Å². The number of phenolic OH excluding ortho intramolecular Hbond substituents is 1. The minimum atomic E-state index is -5.58. The predicted octanol–water partition coefficient (Wildman–Crippen LogP) is 5.67. The van der Waals surface area contributed by atoms with Gasteiger partial charge in [-0.25, -0.2) is 0 Å². The Balaban J connectivity index is 0.976. The van der Waals surface area contributed by atoms with Crippen molar-refractivity contribution in [3.63, 3.8) is 0 Å². The van der Waals surface area contributed by atoms with E-state index in [4.69, 9.17) is 34.7 Å². The second-order valence-electron chi connectivity index (χ2n) is 20.2. The quantitative estimate of drug-likeness (QED) is 0.0121. The Morgan fingerprint density at radius 2 is 1.20 bits per heavy atom. The molecule has 0 saturated carbocycles. The average Bonchev–Trinajstić information content (AvgIpc) is 0.746. The number of carbonyl (C=O) groups is 1. The highest BCUT2D eigenvalue weighted by Gasteiger charge is 2.31. The fourth-order valence-corrected chi connectivity index (χ4v) is 13.4. The predicted molar refractivity (Wildman–Crippen MR) is 350 cm³/mol. The molecule has 49 heteroatoms. The molecule has 3 heterocycles. The monoisotopic (exact) mass is 1530 g/mol. The maximum Gasteiger partial charge on any atom is 0.297 e. The third-order valence-electron chi connectivity index (χ3n) is 13.7. The fraction of sp³-hybridized carbons (Fsp3) is 0.180. The van der Waals surface area contributed by atoms with E-state index in [-0.39, 0.29) is 61.4 Å². The molecule has 5 aromatic carbocycles. The van der Waals surface area contributed by atoms with Gasteiger partial charge in [0.25, 0.3) is 72.2 Å². The normalized spacial score (nSPS) is 14.2. The number of primary amides is 1. The third kappa shape index (κ3) is 18.0. The number of guanidine groups is 1. The van der Waals surface area contributed by atoms with E-state index in [1.165, 1.54) is 6.92 Å². The number of pyridine rings is 1. The largest absolute Gasteiger partial charge is 0.505 e. The summed E-state index contributed by atoms with van der Waals surface area (Å²) in [5, 5.41) is 49.4. The Morgan fingerprint density at radius 3 is 1.78 bits per heavy atom. The molecule has 1 amide bonds. The van der Waals surface area contributed by atoms with Crippen LogP contribution in [0.5, 0.6) is 11.6 Å². The molecule has 526 valence electrons. The molecule has 0 unspecified atom stereocenters. The average molecular weight is 1530 g/mol. The minimum Gasteiger partial charge on any atom is -0.505 e. The van der Waals surface area contributed by atoms with Crippen molar-refractivity contribution in [1.29, 1.82) is 0 Å². The van der Waals surface area contributed by atoms with Crippen molar-refractivity contribution in [2.24, 2.45) is 52.1 Å². The highest BCUT2D eigenvalue weighted by atomic mass is 35.5. The smallest absolute Gasteiger partial charge is 0.297 e. The molecule has 0 atom stereocenters. The zero-order valence-corrected chi connectivity index (χ0v) is 56.4. The maximum atomic E-state index is 13.2. The first-order valence-electron chi connectivity index (χ1n) is 27.0. The topological polar surface area (TPSA) is 638 Å². The van der Waals surface area contributed by atoms with Crippen LogP contribution in [-0.2, 0) is 67.3 Å². The third-order valence-corrected chi connectivity index (χ3v) is 19.3. The van der Waals surface area contributed by atoms with Gasteiger partial charge in [-0.1, -0.05) is 6.58 Å². The van der Waals surface area contributed by atoms with Gasteiger partial charge in [-0.05, 0) is 110 Å². The summed E-state index contributed by atoms with van der Waals surface area (Å²) < 4.78 is 212. The SMILES string of the molecule is C=C(N=C(N=C(N)Cl)Nc1ccc2c(O)c(N=Nc3ccc(N=Nc4ccc(S(=O)(=O)O)cc4)cc3S(=O)(=O)O)c(S(=O)(=O)O)cc2c1S(=O)(=O)O)N1CCN(CCNc2nc(Cl)nc(Nc3cc(S(=O)(=O)O)c(N=Nc4c(C)c(C(N)=O)c(O)n(CC)c4=O)cc3S(=O)(=O)O)n2)CC1. The van der Waals surface area contributed by atoms with Gasteiger partial charge in [0.05, 0.1) is 27.6 Å². The number of amidine groups is 1. The highest BCUT2D eigenvalue weighted by molar-refractivity contribution is 7.87. The van der Waals surface area contributed by atoms with Crippen LogP contribution in [0.4, 0.5) is 57.4 Å². The van der Waals surface area contributed by atoms with Gasteiger partial charge in [0.15, 0.2) is 16.7 Å². The summed E-state index contributed by atoms with van der Waals surface area (Å²) in [5.74, 6) is -4.62. The van der Waals surface area contributed by atoms with Crippen LogP contribution in [0.15, 0.2) is 160 Å². The lowest BCUT2D eigenvalue weighted by atomic mass is 10.1. The zero-order chi connectivity index (χ0) is 73.2. The lowest BCUT2D eigenvalue weighted by Gasteiger charge is -2.35. The lowest BCUT2D eigenvalue weighted by molar-refractivity contribution is 0.0995. The number of anilines is 4. The Bertz CT molecular complexity index is 5470. The molecule has 1 fully saturated rings. The van der Waals surface area contributed by atoms with Gasteiger partial charge in [-0.2, -0.15) is 85.7 Å². The number of aromatic nitrogens is 4. The van der Waals surface area contributed by atoms with Crippen molar-refractivity contribution in [1.82, 2.24) is 29.3 Å². The molecular weight excluding hydrogens is 1480 g/mol. The Kier molecular flexibility index (Phi) is 22.0. The maximum absolute atomic E-state index is 13.2. The second-order valence-corrected chi connectivity index (χ2v) is 29.2. The van der Waals surface area contributed by atoms with Crippen LogP contribution in [0.1, 0.15) is 22.8 Å². The molecule has 1 aliphatic rings. The van der Waals surface area contributed by atoms with Crippen LogP contribution >= 0.6 is 23.2 Å². The van der Waals surface area contributed by atoms with Crippen molar-refractivity contribution >= 4 is 169 Å². The number of aliphatic imine (C=N–C) groups is 2. The molecule has 1 aliphatic heterocycles. The van der Waals surface area contributed by atoms with Gasteiger partial charge in [0.1, 0.15) is 52.9 Å². The van der Waals surface area contributed by atoms with E-state index in [1.54, 1.807) is 4.90 Å². The summed E-state index contributed by atoms with van der Waals surface area (Å²) in [7, 11) is -31.6. The van der Waals surface area contributed by atoms with Crippen molar-refractivity contribution in [3.8, 4) is 11.6 Å². The highest BCUT2D eigenvalue weighted by Crippen LogP contribution is 2.46. The lowest BCUT2D eigenvalue weighted by Crippen LogP contribution is -2.46. The van der Waals surface area contributed by atoms with Crippen molar-refractivity contribution < 1.29 is 92.8 Å². The number of hydrogen-bond acceptors (Lipinski definition) is 30. The molecule has 0 aliphatic carbocycles. The Morgan fingerprint density at radius 1 is 0.626 bits per heavy atom. The number of phenols is 1. The van der Waals surface area contributed by atoms with Gasteiger partial charge in [-0.3, -0.25) is 46.4 Å². The number of aromatic hydroxyl groups is 2. The van der Waals surface area contributed by atoms with E-state index < -0.39 is 186 Å². The number of halogens is 2. The molecule has 8 rings (SSSR count). The summed E-state index contributed by atoms with van der Waals surface area (Å²) in [6.07, 6.45) is 0. The van der Waals surface area contributed by atoms with E-state index >= 15 is 0 Å². The molecule has 99 heavy (non-hydrogen) atoms. The van der Waals surface area contributed by atoms with Crippen LogP contribution in [0.2, 0.25) is 5.28 Å². The first-order valence-corrected chi connectivity index (χ1v) is 36.4. The number of benzene rings is 5. The van der Waals surface area contributed by atoms with Crippen LogP contribution in [0.3, 0.4) is 0 Å². The summed E-state index contributed by atoms with van der Waals surface area (Å²) in [4.78, 5) is 42.8. The van der Waals surface area contributed by atoms with Crippen LogP contribution in [-0.4, -0.2) is 174 Å². The summed E-state index contributed by atoms with van der Waals surface area (Å²) in [6, 6.07) is 10.3. The number of fused-ring (bicyclic) bond motifs is 1. The zero-order valence-electron chi connectivity index (χ0n) is 50.0. The van der Waals surface area contributed by atoms with Gasteiger partial charge >= 0.3 is 0 Å². The number of rotatable bonds is 23. The minimum absolute atomic E-state index is 0.0168. The first kappa shape index (κ1) is 75.0. The number of nitrogens with two attached hydrogens (primary N) is 2. The van der Waals surface area contributed by atoms with Crippen LogP contribution in [0, 0.1) is 6.92 Å². The molecule has 15 N–H and O–H groups in total. The van der Waals surface area contributed by atoms with Crippen LogP contribution in [0.25, 0.3) is 10.8 Å². The molecule has 0 radical (unpaired) electrons. The fourth-order valence-electron chi connectivity index (χ4n) is 9.24. The van der Waals surface area contributed by atoms with E-state index in [2.05, 4.69) is 78.2 Å². The number of nitrogens with one attached hydrogen (secondary N) is 3. The van der Waals surface area contributed by atoms with Gasteiger partial charge in [0.2, 0.25) is 29.0 Å².